The fraction of sp³-hybridized carbons (Fsp3) is 0.289. The van der Waals surface area contributed by atoms with Gasteiger partial charge in [0.2, 0.25) is 0 Å². The molecule has 0 spiro atoms. The third-order valence-corrected chi connectivity index (χ3v) is 6.72. The van der Waals surface area contributed by atoms with Crippen LogP contribution in [0.2, 0.25) is 0 Å². The lowest BCUT2D eigenvalue weighted by atomic mass is 10.0. The Balaban J connectivity index is 2.15. The predicted molar refractivity (Wildman–Crippen MR) is 184 cm³/mol. The summed E-state index contributed by atoms with van der Waals surface area (Å²) >= 11 is 0. The van der Waals surface area contributed by atoms with Crippen LogP contribution in [0.5, 0.6) is 0 Å². The first-order chi connectivity index (χ1) is 25.5. The Labute approximate surface area is 309 Å². The molecule has 0 aliphatic rings. The molecule has 2 aromatic carbocycles. The molecule has 54 heavy (non-hydrogen) atoms. The summed E-state index contributed by atoms with van der Waals surface area (Å²) < 4.78 is 34.7. The summed E-state index contributed by atoms with van der Waals surface area (Å²) in [4.78, 5) is 113. The zero-order valence-corrected chi connectivity index (χ0v) is 29.8. The molecule has 0 heterocycles. The van der Waals surface area contributed by atoms with Gasteiger partial charge >= 0.3 is 53.7 Å². The van der Waals surface area contributed by atoms with Gasteiger partial charge in [0.1, 0.15) is 26.4 Å². The van der Waals surface area contributed by atoms with Crippen molar-refractivity contribution >= 4 is 53.7 Å². The van der Waals surface area contributed by atoms with E-state index >= 15 is 0 Å². The Bertz CT molecular complexity index is 1840. The van der Waals surface area contributed by atoms with E-state index in [4.69, 9.17) is 33.2 Å². The van der Waals surface area contributed by atoms with Crippen molar-refractivity contribution in [1.82, 2.24) is 0 Å². The van der Waals surface area contributed by atoms with E-state index < -0.39 is 78.2 Å². The summed E-state index contributed by atoms with van der Waals surface area (Å²) in [6.45, 7) is 12.7. The monoisotopic (exact) mass is 750 g/mol. The number of carbonyl (C=O) groups excluding carboxylic acids is 9. The second kappa shape index (κ2) is 21.6. The lowest BCUT2D eigenvalue weighted by Crippen LogP contribution is -2.28. The van der Waals surface area contributed by atoms with Gasteiger partial charge in [-0.05, 0) is 51.5 Å². The van der Waals surface area contributed by atoms with Gasteiger partial charge in [0.25, 0.3) is 0 Å². The summed E-state index contributed by atoms with van der Waals surface area (Å²) in [7, 11) is 0. The smallest absolute Gasteiger partial charge is 0.346 e. The Morgan fingerprint density at radius 3 is 1.20 bits per heavy atom. The van der Waals surface area contributed by atoms with Gasteiger partial charge in [-0.25, -0.2) is 33.6 Å². The standard InChI is InChI=1S/C38H38O16/c1-22(2)31(40)48-16-15-25(34(43)54-38(47)29-14-10-8-12-27(29)36(45)52-20-18-50-33(42)24(5)6)21-30(39)53-37(46)28-13-9-7-11-26(28)35(44)51-19-17-49-32(41)23(3)4/h7-14,25H,1,3,5,15-21H2,2,4,6H3. The summed E-state index contributed by atoms with van der Waals surface area (Å²) in [6, 6.07) is 10.3. The van der Waals surface area contributed by atoms with E-state index in [0.29, 0.717) is 0 Å². The van der Waals surface area contributed by atoms with E-state index in [0.717, 1.165) is 0 Å². The first kappa shape index (κ1) is 43.5. The van der Waals surface area contributed by atoms with Crippen LogP contribution in [-0.2, 0) is 57.1 Å². The molecule has 16 nitrogen and oxygen atoms in total. The van der Waals surface area contributed by atoms with Crippen molar-refractivity contribution in [2.45, 2.75) is 33.6 Å². The van der Waals surface area contributed by atoms with Crippen LogP contribution in [0.3, 0.4) is 0 Å². The second-order valence-corrected chi connectivity index (χ2v) is 11.3. The van der Waals surface area contributed by atoms with Crippen LogP contribution < -0.4 is 0 Å². The molecule has 1 unspecified atom stereocenters. The molecule has 0 aromatic heterocycles. The molecule has 0 fully saturated rings. The van der Waals surface area contributed by atoms with E-state index in [1.807, 2.05) is 0 Å². The van der Waals surface area contributed by atoms with Crippen LogP contribution in [0.15, 0.2) is 85.0 Å². The van der Waals surface area contributed by atoms with E-state index in [2.05, 4.69) is 19.7 Å². The summed E-state index contributed by atoms with van der Waals surface area (Å²) in [6.07, 6.45) is -1.25. The van der Waals surface area contributed by atoms with Crippen LogP contribution in [0.25, 0.3) is 0 Å². The zero-order chi connectivity index (χ0) is 40.4. The van der Waals surface area contributed by atoms with Gasteiger partial charge < -0.3 is 33.2 Å². The minimum atomic E-state index is -1.53. The van der Waals surface area contributed by atoms with Crippen molar-refractivity contribution in [1.29, 1.82) is 0 Å². The number of benzene rings is 2. The van der Waals surface area contributed by atoms with Gasteiger partial charge in [-0.15, -0.1) is 0 Å². The van der Waals surface area contributed by atoms with Crippen molar-refractivity contribution in [3.63, 3.8) is 0 Å². The minimum Gasteiger partial charge on any atom is -0.462 e. The summed E-state index contributed by atoms with van der Waals surface area (Å²) in [5.74, 6) is -10.9. The number of hydrogen-bond acceptors (Lipinski definition) is 16. The molecule has 0 aliphatic carbocycles. The number of ether oxygens (including phenoxy) is 7. The molecule has 0 saturated carbocycles. The van der Waals surface area contributed by atoms with Crippen LogP contribution in [0.4, 0.5) is 0 Å². The highest BCUT2D eigenvalue weighted by atomic mass is 16.6. The van der Waals surface area contributed by atoms with Gasteiger partial charge in [-0.1, -0.05) is 44.0 Å². The van der Waals surface area contributed by atoms with E-state index in [1.54, 1.807) is 0 Å². The summed E-state index contributed by atoms with van der Waals surface area (Å²) in [5, 5.41) is 0. The molecule has 1 atom stereocenters. The lowest BCUT2D eigenvalue weighted by Gasteiger charge is -2.16. The zero-order valence-electron chi connectivity index (χ0n) is 29.8. The first-order valence-electron chi connectivity index (χ1n) is 16.0. The van der Waals surface area contributed by atoms with Gasteiger partial charge in [-0.2, -0.15) is 0 Å². The molecule has 2 rings (SSSR count). The number of carbonyl (C=O) groups is 9. The van der Waals surface area contributed by atoms with Gasteiger partial charge in [0, 0.05) is 16.7 Å². The largest absolute Gasteiger partial charge is 0.462 e. The average molecular weight is 751 g/mol. The van der Waals surface area contributed by atoms with Gasteiger partial charge in [-0.3, -0.25) is 9.59 Å². The summed E-state index contributed by atoms with van der Waals surface area (Å²) in [5.41, 5.74) is -1.06. The maximum Gasteiger partial charge on any atom is 0.346 e. The third kappa shape index (κ3) is 14.1. The molecule has 2 aromatic rings. The van der Waals surface area contributed by atoms with Crippen LogP contribution >= 0.6 is 0 Å². The van der Waals surface area contributed by atoms with Crippen molar-refractivity contribution < 1.29 is 76.3 Å². The molecule has 0 N–H and O–H groups in total. The van der Waals surface area contributed by atoms with E-state index in [9.17, 15) is 43.2 Å². The predicted octanol–water partition coefficient (Wildman–Crippen LogP) is 3.82. The highest BCUT2D eigenvalue weighted by molar-refractivity contribution is 6.07. The molecule has 0 aliphatic heterocycles. The molecule has 286 valence electrons. The average Bonchev–Trinajstić information content (AvgIpc) is 3.13. The molecule has 0 radical (unpaired) electrons. The number of rotatable bonds is 19. The van der Waals surface area contributed by atoms with Gasteiger partial charge in [0.15, 0.2) is 0 Å². The van der Waals surface area contributed by atoms with E-state index in [1.165, 1.54) is 69.3 Å². The topological polar surface area (TPSA) is 218 Å². The Kier molecular flexibility index (Phi) is 17.4. The molecule has 0 bridgehead atoms. The highest BCUT2D eigenvalue weighted by Gasteiger charge is 2.31. The normalized spacial score (nSPS) is 10.7. The minimum absolute atomic E-state index is 0.0388. The fourth-order valence-corrected chi connectivity index (χ4v) is 3.97. The second-order valence-electron chi connectivity index (χ2n) is 11.3. The van der Waals surface area contributed by atoms with Gasteiger partial charge in [0.05, 0.1) is 41.2 Å². The van der Waals surface area contributed by atoms with Crippen LogP contribution in [0, 0.1) is 5.92 Å². The molecule has 16 heteroatoms. The number of esters is 9. The Morgan fingerprint density at radius 1 is 0.481 bits per heavy atom. The van der Waals surface area contributed by atoms with E-state index in [-0.39, 0.29) is 66.3 Å². The SMILES string of the molecule is C=C(C)C(=O)OCCOC(=O)c1ccccc1C(=O)OC(=O)CC(CCOC(=O)C(=C)C)C(=O)OC(=O)c1ccccc1C(=O)OCCOC(=O)C(=C)C. The van der Waals surface area contributed by atoms with Crippen molar-refractivity contribution in [3.05, 3.63) is 107 Å². The third-order valence-electron chi connectivity index (χ3n) is 6.72. The Hall–Kier alpha value is -6.71. The highest BCUT2D eigenvalue weighted by Crippen LogP contribution is 2.19. The number of hydrogen-bond donors (Lipinski definition) is 0. The van der Waals surface area contributed by atoms with Crippen LogP contribution in [0.1, 0.15) is 75.0 Å². The Morgan fingerprint density at radius 2 is 0.815 bits per heavy atom. The molecule has 0 saturated heterocycles. The maximum absolute atomic E-state index is 13.2. The molecular formula is C38H38O16. The molecule has 0 amide bonds. The van der Waals surface area contributed by atoms with Crippen molar-refractivity contribution in [2.24, 2.45) is 5.92 Å². The van der Waals surface area contributed by atoms with Crippen LogP contribution in [-0.4, -0.2) is 86.8 Å². The fourth-order valence-electron chi connectivity index (χ4n) is 3.97. The van der Waals surface area contributed by atoms with Crippen molar-refractivity contribution in [2.75, 3.05) is 33.0 Å². The lowest BCUT2D eigenvalue weighted by molar-refractivity contribution is -0.151. The first-order valence-corrected chi connectivity index (χ1v) is 16.0. The van der Waals surface area contributed by atoms with Crippen molar-refractivity contribution in [3.8, 4) is 0 Å². The quantitative estimate of drug-likeness (QED) is 0.0655. The molecular weight excluding hydrogens is 712 g/mol. The maximum atomic E-state index is 13.2.